The molecule has 0 bridgehead atoms. The molecule has 0 aromatic heterocycles. The normalized spacial score (nSPS) is 18.4. The van der Waals surface area contributed by atoms with Crippen LogP contribution in [0.1, 0.15) is 98.8 Å². The van der Waals surface area contributed by atoms with Gasteiger partial charge in [0.15, 0.2) is 0 Å². The van der Waals surface area contributed by atoms with Crippen molar-refractivity contribution in [2.45, 2.75) is 77.0 Å². The number of hydrogen-bond donors (Lipinski definition) is 1. The summed E-state index contributed by atoms with van der Waals surface area (Å²) in [5.74, 6) is -0.519. The minimum Gasteiger partial charge on any atom is -0.478 e. The zero-order valence-corrected chi connectivity index (χ0v) is 18.5. The van der Waals surface area contributed by atoms with Crippen LogP contribution >= 0.6 is 0 Å². The number of carboxylic acid groups (broad SMARTS) is 1. The van der Waals surface area contributed by atoms with Crippen LogP contribution in [-0.2, 0) is 10.8 Å². The summed E-state index contributed by atoms with van der Waals surface area (Å²) in [6.07, 6.45) is 9.09. The molecule has 2 aromatic rings. The Morgan fingerprint density at radius 3 is 2.21 bits per heavy atom. The fraction of sp³-hybridized carbons (Fsp3) is 0.444. The second-order valence-electron chi connectivity index (χ2n) is 9.75. The first-order valence-corrected chi connectivity index (χ1v) is 10.8. The van der Waals surface area contributed by atoms with Crippen LogP contribution in [0, 0.1) is 0 Å². The van der Waals surface area contributed by atoms with Crippen LogP contribution in [0.2, 0.25) is 0 Å². The number of fused-ring (bicyclic) bond motifs is 1. The van der Waals surface area contributed by atoms with Gasteiger partial charge in [-0.25, -0.2) is 4.79 Å². The Morgan fingerprint density at radius 2 is 1.62 bits per heavy atom. The van der Waals surface area contributed by atoms with E-state index in [9.17, 15) is 4.79 Å². The van der Waals surface area contributed by atoms with Gasteiger partial charge in [0.05, 0.1) is 5.56 Å². The Labute approximate surface area is 175 Å². The lowest BCUT2D eigenvalue weighted by molar-refractivity contribution is 0.0697. The molecular formula is C27H34O2. The highest BCUT2D eigenvalue weighted by atomic mass is 16.4. The summed E-state index contributed by atoms with van der Waals surface area (Å²) in [6.45, 7) is 11.7. The molecule has 29 heavy (non-hydrogen) atoms. The van der Waals surface area contributed by atoms with Gasteiger partial charge in [-0.1, -0.05) is 83.5 Å². The van der Waals surface area contributed by atoms with Gasteiger partial charge in [0.2, 0.25) is 0 Å². The van der Waals surface area contributed by atoms with E-state index in [1.54, 1.807) is 12.1 Å². The van der Waals surface area contributed by atoms with Crippen molar-refractivity contribution in [3.8, 4) is 0 Å². The highest BCUT2D eigenvalue weighted by Gasteiger charge is 2.37. The number of carbonyl (C=O) groups is 1. The Bertz CT molecular complexity index is 901. The number of rotatable bonds is 6. The van der Waals surface area contributed by atoms with Crippen molar-refractivity contribution in [2.24, 2.45) is 0 Å². The SMILES string of the molecule is CCCC(C=Cc1ccc(C(=O)O)cc1)c1ccc2c(c1)C(C)(C)CCC2(C)C. The molecule has 1 aliphatic rings. The summed E-state index contributed by atoms with van der Waals surface area (Å²) in [6, 6.07) is 14.2. The topological polar surface area (TPSA) is 37.3 Å². The van der Waals surface area contributed by atoms with Gasteiger partial charge in [-0.2, -0.15) is 0 Å². The Hall–Kier alpha value is -2.35. The first-order valence-electron chi connectivity index (χ1n) is 10.8. The van der Waals surface area contributed by atoms with Crippen molar-refractivity contribution in [1.82, 2.24) is 0 Å². The fourth-order valence-electron chi connectivity index (χ4n) is 4.49. The van der Waals surface area contributed by atoms with Crippen LogP contribution in [-0.4, -0.2) is 11.1 Å². The number of carboxylic acids is 1. The van der Waals surface area contributed by atoms with E-state index in [-0.39, 0.29) is 10.8 Å². The number of allylic oxidation sites excluding steroid dienone is 1. The fourth-order valence-corrected chi connectivity index (χ4v) is 4.49. The lowest BCUT2D eigenvalue weighted by Gasteiger charge is -2.42. The highest BCUT2D eigenvalue weighted by molar-refractivity contribution is 5.87. The zero-order valence-electron chi connectivity index (χ0n) is 18.5. The van der Waals surface area contributed by atoms with E-state index in [2.05, 4.69) is 65.0 Å². The van der Waals surface area contributed by atoms with E-state index in [1.165, 1.54) is 29.5 Å². The molecule has 2 aromatic carbocycles. The van der Waals surface area contributed by atoms with Crippen LogP contribution in [0.25, 0.3) is 6.08 Å². The van der Waals surface area contributed by atoms with Crippen LogP contribution in [0.5, 0.6) is 0 Å². The van der Waals surface area contributed by atoms with Crippen molar-refractivity contribution in [2.75, 3.05) is 0 Å². The molecular weight excluding hydrogens is 356 g/mol. The van der Waals surface area contributed by atoms with Crippen molar-refractivity contribution in [3.05, 3.63) is 76.4 Å². The van der Waals surface area contributed by atoms with E-state index >= 15 is 0 Å². The standard InChI is InChI=1S/C27H34O2/c1-6-7-20(11-8-19-9-12-21(13-10-19)25(28)29)22-14-15-23-24(18-22)27(4,5)17-16-26(23,2)3/h8-15,18,20H,6-7,16-17H2,1-5H3,(H,28,29). The van der Waals surface area contributed by atoms with Crippen LogP contribution < -0.4 is 0 Å². The van der Waals surface area contributed by atoms with Gasteiger partial charge in [-0.3, -0.25) is 0 Å². The predicted molar refractivity (Wildman–Crippen MR) is 122 cm³/mol. The first-order chi connectivity index (χ1) is 13.6. The van der Waals surface area contributed by atoms with Gasteiger partial charge in [-0.15, -0.1) is 0 Å². The third kappa shape index (κ3) is 4.63. The van der Waals surface area contributed by atoms with Gasteiger partial charge < -0.3 is 5.11 Å². The van der Waals surface area contributed by atoms with Gasteiger partial charge >= 0.3 is 5.97 Å². The molecule has 0 heterocycles. The largest absolute Gasteiger partial charge is 0.478 e. The van der Waals surface area contributed by atoms with Crippen molar-refractivity contribution in [1.29, 1.82) is 0 Å². The molecule has 1 aliphatic carbocycles. The minimum atomic E-state index is -0.885. The summed E-state index contributed by atoms with van der Waals surface area (Å²) >= 11 is 0. The molecule has 0 spiro atoms. The predicted octanol–water partition coefficient (Wildman–Crippen LogP) is 7.33. The zero-order chi connectivity index (χ0) is 21.2. The Balaban J connectivity index is 1.92. The van der Waals surface area contributed by atoms with Crippen molar-refractivity contribution in [3.63, 3.8) is 0 Å². The summed E-state index contributed by atoms with van der Waals surface area (Å²) in [4.78, 5) is 11.0. The van der Waals surface area contributed by atoms with Crippen LogP contribution in [0.4, 0.5) is 0 Å². The molecule has 0 aliphatic heterocycles. The average Bonchev–Trinajstić information content (AvgIpc) is 2.69. The quantitative estimate of drug-likeness (QED) is 0.560. The third-order valence-electron chi connectivity index (χ3n) is 6.58. The highest BCUT2D eigenvalue weighted by Crippen LogP contribution is 2.46. The molecule has 1 unspecified atom stereocenters. The Kier molecular flexibility index (Phi) is 6.03. The van der Waals surface area contributed by atoms with E-state index in [4.69, 9.17) is 5.11 Å². The first kappa shape index (κ1) is 21.4. The monoisotopic (exact) mass is 390 g/mol. The number of hydrogen-bond acceptors (Lipinski definition) is 1. The maximum absolute atomic E-state index is 11.0. The summed E-state index contributed by atoms with van der Waals surface area (Å²) in [5.41, 5.74) is 6.21. The van der Waals surface area contributed by atoms with Crippen molar-refractivity contribution < 1.29 is 9.90 Å². The molecule has 3 rings (SSSR count). The van der Waals surface area contributed by atoms with E-state index in [0.717, 1.165) is 18.4 Å². The number of aromatic carboxylic acids is 1. The molecule has 154 valence electrons. The molecule has 1 N–H and O–H groups in total. The second kappa shape index (κ2) is 8.18. The smallest absolute Gasteiger partial charge is 0.335 e. The average molecular weight is 391 g/mol. The van der Waals surface area contributed by atoms with E-state index in [1.807, 2.05) is 12.1 Å². The summed E-state index contributed by atoms with van der Waals surface area (Å²) < 4.78 is 0. The van der Waals surface area contributed by atoms with Crippen LogP contribution in [0.15, 0.2) is 48.5 Å². The van der Waals surface area contributed by atoms with Gasteiger partial charge in [0.25, 0.3) is 0 Å². The van der Waals surface area contributed by atoms with Gasteiger partial charge in [-0.05, 0) is 64.5 Å². The molecule has 1 atom stereocenters. The van der Waals surface area contributed by atoms with Gasteiger partial charge in [0.1, 0.15) is 0 Å². The van der Waals surface area contributed by atoms with Gasteiger partial charge in [0, 0.05) is 5.92 Å². The Morgan fingerprint density at radius 1 is 1.00 bits per heavy atom. The molecule has 0 amide bonds. The minimum absolute atomic E-state index is 0.216. The maximum atomic E-state index is 11.0. The maximum Gasteiger partial charge on any atom is 0.335 e. The van der Waals surface area contributed by atoms with E-state index < -0.39 is 5.97 Å². The molecule has 0 saturated heterocycles. The molecule has 2 nitrogen and oxygen atoms in total. The lowest BCUT2D eigenvalue weighted by Crippen LogP contribution is -2.34. The molecule has 2 heteroatoms. The number of benzene rings is 2. The summed E-state index contributed by atoms with van der Waals surface area (Å²) in [7, 11) is 0. The summed E-state index contributed by atoms with van der Waals surface area (Å²) in [5, 5.41) is 9.07. The lowest BCUT2D eigenvalue weighted by atomic mass is 9.62. The third-order valence-corrected chi connectivity index (χ3v) is 6.58. The van der Waals surface area contributed by atoms with Crippen molar-refractivity contribution >= 4 is 12.0 Å². The molecule has 0 radical (unpaired) electrons. The second-order valence-corrected chi connectivity index (χ2v) is 9.75. The van der Waals surface area contributed by atoms with E-state index in [0.29, 0.717) is 11.5 Å². The molecule has 0 fully saturated rings. The van der Waals surface area contributed by atoms with Crippen LogP contribution in [0.3, 0.4) is 0 Å². The molecule has 0 saturated carbocycles.